The first-order valence-electron chi connectivity index (χ1n) is 8.56. The van der Waals surface area contributed by atoms with E-state index in [1.807, 2.05) is 30.3 Å². The number of benzene rings is 2. The summed E-state index contributed by atoms with van der Waals surface area (Å²) in [6.07, 6.45) is -0.480. The van der Waals surface area contributed by atoms with Gasteiger partial charge in [-0.3, -0.25) is 4.99 Å². The third-order valence-electron chi connectivity index (χ3n) is 4.40. The van der Waals surface area contributed by atoms with Gasteiger partial charge in [-0.05, 0) is 30.0 Å². The van der Waals surface area contributed by atoms with Gasteiger partial charge in [0.15, 0.2) is 0 Å². The van der Waals surface area contributed by atoms with Crippen molar-refractivity contribution in [2.24, 2.45) is 4.99 Å². The number of rotatable bonds is 3. The fraction of sp³-hybridized carbons (Fsp3) is 0.350. The van der Waals surface area contributed by atoms with E-state index in [1.54, 1.807) is 12.1 Å². The summed E-state index contributed by atoms with van der Waals surface area (Å²) in [5.74, 6) is 0.795. The lowest BCUT2D eigenvalue weighted by Crippen LogP contribution is -2.31. The van der Waals surface area contributed by atoms with Gasteiger partial charge < -0.3 is 5.32 Å². The predicted molar refractivity (Wildman–Crippen MR) is 101 cm³/mol. The quantitative estimate of drug-likeness (QED) is 0.715. The van der Waals surface area contributed by atoms with Crippen molar-refractivity contribution < 1.29 is 13.2 Å². The van der Waals surface area contributed by atoms with Gasteiger partial charge in [0.05, 0.1) is 17.4 Å². The van der Waals surface area contributed by atoms with Gasteiger partial charge in [0, 0.05) is 13.0 Å². The van der Waals surface area contributed by atoms with Crippen molar-refractivity contribution in [3.05, 3.63) is 71.3 Å². The number of amidine groups is 1. The van der Waals surface area contributed by atoms with E-state index < -0.39 is 17.8 Å². The number of aliphatic imine (C=N–C) groups is 1. The van der Waals surface area contributed by atoms with Crippen LogP contribution in [0.1, 0.15) is 48.4 Å². The molecule has 1 N–H and O–H groups in total. The molecule has 26 heavy (non-hydrogen) atoms. The minimum Gasteiger partial charge on any atom is -0.363 e. The van der Waals surface area contributed by atoms with Gasteiger partial charge in [0.2, 0.25) is 0 Å². The zero-order chi connectivity index (χ0) is 17.7. The molecule has 1 aliphatic heterocycles. The highest BCUT2D eigenvalue weighted by atomic mass is 35.5. The molecule has 2 aromatic carbocycles. The minimum atomic E-state index is -4.39. The van der Waals surface area contributed by atoms with Crippen LogP contribution < -0.4 is 5.32 Å². The molecule has 2 aromatic rings. The molecule has 0 spiro atoms. The van der Waals surface area contributed by atoms with Crippen LogP contribution in [0.15, 0.2) is 59.6 Å². The van der Waals surface area contributed by atoms with Crippen molar-refractivity contribution in [2.45, 2.75) is 37.9 Å². The first-order valence-corrected chi connectivity index (χ1v) is 8.56. The summed E-state index contributed by atoms with van der Waals surface area (Å²) in [5.41, 5.74) is 0.421. The molecule has 140 valence electrons. The summed E-state index contributed by atoms with van der Waals surface area (Å²) in [7, 11) is 0. The lowest BCUT2D eigenvalue weighted by molar-refractivity contribution is -0.138. The number of nitrogens with zero attached hydrogens (tertiary/aromatic N) is 1. The van der Waals surface area contributed by atoms with Crippen molar-refractivity contribution in [1.82, 2.24) is 5.32 Å². The van der Waals surface area contributed by atoms with Gasteiger partial charge in [-0.25, -0.2) is 0 Å². The monoisotopic (exact) mass is 382 g/mol. The van der Waals surface area contributed by atoms with Crippen LogP contribution in [0.3, 0.4) is 0 Å². The lowest BCUT2D eigenvalue weighted by atomic mass is 9.93. The summed E-state index contributed by atoms with van der Waals surface area (Å²) < 4.78 is 40.5. The highest BCUT2D eigenvalue weighted by molar-refractivity contribution is 5.85. The first-order chi connectivity index (χ1) is 12.1. The van der Waals surface area contributed by atoms with E-state index in [-0.39, 0.29) is 18.0 Å². The molecule has 1 unspecified atom stereocenters. The topological polar surface area (TPSA) is 24.4 Å². The smallest absolute Gasteiger partial charge is 0.363 e. The Morgan fingerprint density at radius 2 is 1.58 bits per heavy atom. The lowest BCUT2D eigenvalue weighted by Gasteiger charge is -2.25. The van der Waals surface area contributed by atoms with Crippen molar-refractivity contribution in [3.63, 3.8) is 0 Å². The summed E-state index contributed by atoms with van der Waals surface area (Å²) in [4.78, 5) is 4.53. The fourth-order valence-electron chi connectivity index (χ4n) is 3.15. The zero-order valence-corrected chi connectivity index (χ0v) is 15.1. The van der Waals surface area contributed by atoms with Crippen LogP contribution in [-0.2, 0) is 6.18 Å². The Morgan fingerprint density at radius 1 is 0.885 bits per heavy atom. The van der Waals surface area contributed by atoms with Crippen LogP contribution in [0.5, 0.6) is 0 Å². The van der Waals surface area contributed by atoms with Gasteiger partial charge in [0.1, 0.15) is 0 Å². The molecule has 2 nitrogen and oxygen atoms in total. The Hall–Kier alpha value is -2.01. The predicted octanol–water partition coefficient (Wildman–Crippen LogP) is 5.78. The molecule has 0 saturated carbocycles. The number of hydrogen-bond donors (Lipinski definition) is 1. The van der Waals surface area contributed by atoms with E-state index in [9.17, 15) is 13.2 Å². The van der Waals surface area contributed by atoms with Gasteiger partial charge in [0.25, 0.3) is 0 Å². The number of alkyl halides is 3. The Balaban J connectivity index is 0.00000243. The third-order valence-corrected chi connectivity index (χ3v) is 4.40. The van der Waals surface area contributed by atoms with Crippen LogP contribution in [0, 0.1) is 0 Å². The van der Waals surface area contributed by atoms with Gasteiger partial charge in [-0.2, -0.15) is 13.2 Å². The second-order valence-corrected chi connectivity index (χ2v) is 6.21. The Morgan fingerprint density at radius 3 is 2.31 bits per heavy atom. The number of hydrogen-bond acceptors (Lipinski definition) is 2. The van der Waals surface area contributed by atoms with Crippen molar-refractivity contribution in [1.29, 1.82) is 0 Å². The Kier molecular flexibility index (Phi) is 7.09. The minimum absolute atomic E-state index is 0. The highest BCUT2D eigenvalue weighted by Crippen LogP contribution is 2.36. The van der Waals surface area contributed by atoms with E-state index in [0.717, 1.165) is 49.7 Å². The Labute approximate surface area is 157 Å². The van der Waals surface area contributed by atoms with Gasteiger partial charge in [-0.1, -0.05) is 55.0 Å². The van der Waals surface area contributed by atoms with E-state index in [1.165, 1.54) is 6.07 Å². The SMILES string of the molecule is Cl.FC(F)(F)c1ccccc1C(NC1=NCCCCC1)c1ccccc1. The van der Waals surface area contributed by atoms with E-state index in [0.29, 0.717) is 0 Å². The molecule has 0 saturated heterocycles. The molecule has 1 aliphatic rings. The molecule has 6 heteroatoms. The van der Waals surface area contributed by atoms with Crippen LogP contribution in [-0.4, -0.2) is 12.4 Å². The van der Waals surface area contributed by atoms with Crippen LogP contribution in [0.4, 0.5) is 13.2 Å². The third kappa shape index (κ3) is 5.01. The molecule has 0 fully saturated rings. The first kappa shape index (κ1) is 20.3. The largest absolute Gasteiger partial charge is 0.416 e. The van der Waals surface area contributed by atoms with Crippen LogP contribution in [0.2, 0.25) is 0 Å². The van der Waals surface area contributed by atoms with Gasteiger partial charge >= 0.3 is 6.18 Å². The molecular formula is C20H22ClF3N2. The Bertz CT molecular complexity index is 729. The van der Waals surface area contributed by atoms with Crippen molar-refractivity contribution in [2.75, 3.05) is 6.54 Å². The molecule has 0 amide bonds. The maximum atomic E-state index is 13.5. The molecule has 3 rings (SSSR count). The van der Waals surface area contributed by atoms with Crippen LogP contribution in [0.25, 0.3) is 0 Å². The molecule has 0 aromatic heterocycles. The van der Waals surface area contributed by atoms with E-state index in [4.69, 9.17) is 0 Å². The highest BCUT2D eigenvalue weighted by Gasteiger charge is 2.35. The fourth-order valence-corrected chi connectivity index (χ4v) is 3.15. The maximum absolute atomic E-state index is 13.5. The standard InChI is InChI=1S/C20H21F3N2.ClH/c21-20(22,23)17-12-7-6-11-16(17)19(15-9-3-1-4-10-15)25-18-13-5-2-8-14-24-18;/h1,3-4,6-7,9-12,19H,2,5,8,13-14H2,(H,24,25);1H. The number of halogens is 4. The average molecular weight is 383 g/mol. The molecule has 0 radical (unpaired) electrons. The van der Waals surface area contributed by atoms with E-state index in [2.05, 4.69) is 10.3 Å². The summed E-state index contributed by atoms with van der Waals surface area (Å²) in [6.45, 7) is 0.727. The van der Waals surface area contributed by atoms with Crippen molar-refractivity contribution >= 4 is 18.2 Å². The molecule has 1 heterocycles. The maximum Gasteiger partial charge on any atom is 0.416 e. The normalized spacial score (nSPS) is 16.0. The summed E-state index contributed by atoms with van der Waals surface area (Å²) in [5, 5.41) is 3.29. The van der Waals surface area contributed by atoms with Gasteiger partial charge in [-0.15, -0.1) is 12.4 Å². The summed E-state index contributed by atoms with van der Waals surface area (Å²) >= 11 is 0. The summed E-state index contributed by atoms with van der Waals surface area (Å²) in [6, 6.07) is 14.4. The van der Waals surface area contributed by atoms with Crippen molar-refractivity contribution in [3.8, 4) is 0 Å². The molecule has 1 atom stereocenters. The molecule has 0 aliphatic carbocycles. The molecular weight excluding hydrogens is 361 g/mol. The van der Waals surface area contributed by atoms with E-state index >= 15 is 0 Å². The second kappa shape index (κ2) is 9.08. The molecule has 0 bridgehead atoms. The second-order valence-electron chi connectivity index (χ2n) is 6.21. The average Bonchev–Trinajstić information content (AvgIpc) is 2.88. The van der Waals surface area contributed by atoms with Crippen LogP contribution >= 0.6 is 12.4 Å². The zero-order valence-electron chi connectivity index (χ0n) is 14.3. The number of nitrogens with one attached hydrogen (secondary N) is 1.